The normalized spacial score (nSPS) is 14.5. The molecule has 2 aromatic carbocycles. The molecule has 5 rings (SSSR count). The van der Waals surface area contributed by atoms with E-state index in [0.717, 1.165) is 49.2 Å². The Morgan fingerprint density at radius 3 is 2.60 bits per heavy atom. The summed E-state index contributed by atoms with van der Waals surface area (Å²) in [6, 6.07) is 9.79. The van der Waals surface area contributed by atoms with Crippen LogP contribution in [0.5, 0.6) is 0 Å². The standard InChI is InChI=1S/C23H20Cl2FN7O2/c1-13-11-14(5-6-18(13)31-7-9-32(25)10-8-31)28-22-27-12-15-20(29-22)30-23(35)33(21(15)34)19-16(24)3-2-4-17(19)26/h2-6,11-12H,7-10H2,1H3,(H2,27,28,29,30,35). The van der Waals surface area contributed by atoms with Crippen molar-refractivity contribution in [3.8, 4) is 5.69 Å². The summed E-state index contributed by atoms with van der Waals surface area (Å²) in [5.74, 6) is -0.607. The molecule has 4 aromatic rings. The second-order valence-corrected chi connectivity index (χ2v) is 9.01. The lowest BCUT2D eigenvalue weighted by molar-refractivity contribution is 0.416. The van der Waals surface area contributed by atoms with E-state index in [4.69, 9.17) is 23.4 Å². The molecule has 0 radical (unpaired) electrons. The van der Waals surface area contributed by atoms with Crippen LogP contribution in [0, 0.1) is 12.7 Å². The summed E-state index contributed by atoms with van der Waals surface area (Å²) < 4.78 is 16.8. The lowest BCUT2D eigenvalue weighted by Crippen LogP contribution is -2.42. The zero-order valence-electron chi connectivity index (χ0n) is 18.6. The number of benzene rings is 2. The Hall–Kier alpha value is -3.47. The highest BCUT2D eigenvalue weighted by molar-refractivity contribution is 6.32. The van der Waals surface area contributed by atoms with E-state index in [1.165, 1.54) is 18.3 Å². The molecule has 0 spiro atoms. The molecule has 12 heteroatoms. The fourth-order valence-corrected chi connectivity index (χ4v) is 4.51. The third-order valence-electron chi connectivity index (χ3n) is 5.83. The van der Waals surface area contributed by atoms with Crippen LogP contribution in [0.3, 0.4) is 0 Å². The Kier molecular flexibility index (Phi) is 6.18. The number of hydrogen-bond donors (Lipinski definition) is 2. The summed E-state index contributed by atoms with van der Waals surface area (Å²) in [5.41, 5.74) is 0.987. The van der Waals surface area contributed by atoms with Crippen LogP contribution in [0.15, 0.2) is 52.2 Å². The van der Waals surface area contributed by atoms with E-state index >= 15 is 0 Å². The number of aryl methyl sites for hydroxylation is 1. The molecule has 9 nitrogen and oxygen atoms in total. The highest BCUT2D eigenvalue weighted by atomic mass is 35.5. The van der Waals surface area contributed by atoms with Gasteiger partial charge in [-0.2, -0.15) is 4.98 Å². The lowest BCUT2D eigenvalue weighted by atomic mass is 10.1. The second-order valence-electron chi connectivity index (χ2n) is 8.12. The zero-order chi connectivity index (χ0) is 24.7. The van der Waals surface area contributed by atoms with Gasteiger partial charge in [0.05, 0.1) is 5.02 Å². The van der Waals surface area contributed by atoms with Gasteiger partial charge in [0.1, 0.15) is 16.9 Å². The topological polar surface area (TPSA) is 99.1 Å². The molecule has 0 aliphatic carbocycles. The average molecular weight is 516 g/mol. The smallest absolute Gasteiger partial charge is 0.334 e. The Balaban J connectivity index is 1.45. The van der Waals surface area contributed by atoms with E-state index in [9.17, 15) is 14.0 Å². The van der Waals surface area contributed by atoms with Gasteiger partial charge in [-0.05, 0) is 54.6 Å². The molecule has 1 saturated heterocycles. The number of fused-ring (bicyclic) bond motifs is 1. The molecule has 2 aromatic heterocycles. The van der Waals surface area contributed by atoms with Crippen LogP contribution in [0.25, 0.3) is 16.7 Å². The first-order valence-corrected chi connectivity index (χ1v) is 11.5. The van der Waals surface area contributed by atoms with E-state index in [2.05, 4.69) is 25.2 Å². The van der Waals surface area contributed by atoms with E-state index in [1.54, 1.807) is 4.42 Å². The Labute approximate surface area is 208 Å². The first-order chi connectivity index (χ1) is 16.8. The third kappa shape index (κ3) is 4.47. The minimum absolute atomic E-state index is 0.0134. The van der Waals surface area contributed by atoms with Gasteiger partial charge in [-0.25, -0.2) is 23.2 Å². The SMILES string of the molecule is Cc1cc(Nc2ncc3c(=O)n(-c4c(F)cccc4Cl)c(=O)[nH]c3n2)ccc1N1CCN(Cl)CC1. The fourth-order valence-electron chi connectivity index (χ4n) is 4.11. The van der Waals surface area contributed by atoms with Gasteiger partial charge in [0.25, 0.3) is 5.56 Å². The maximum Gasteiger partial charge on any atom is 0.334 e. The predicted octanol–water partition coefficient (Wildman–Crippen LogP) is 3.59. The summed E-state index contributed by atoms with van der Waals surface area (Å²) in [6.45, 7) is 5.27. The van der Waals surface area contributed by atoms with Gasteiger partial charge >= 0.3 is 5.69 Å². The van der Waals surface area contributed by atoms with Gasteiger partial charge in [-0.3, -0.25) is 9.78 Å². The lowest BCUT2D eigenvalue weighted by Gasteiger charge is -2.33. The van der Waals surface area contributed by atoms with Gasteiger partial charge in [0.2, 0.25) is 5.95 Å². The van der Waals surface area contributed by atoms with Gasteiger partial charge in [0.15, 0.2) is 5.65 Å². The minimum Gasteiger partial charge on any atom is -0.369 e. The van der Waals surface area contributed by atoms with Crippen LogP contribution in [0.1, 0.15) is 5.56 Å². The first kappa shape index (κ1) is 23.3. The molecule has 0 saturated carbocycles. The van der Waals surface area contributed by atoms with Crippen LogP contribution >= 0.6 is 23.4 Å². The monoisotopic (exact) mass is 515 g/mol. The molecule has 0 amide bonds. The van der Waals surface area contributed by atoms with Crippen molar-refractivity contribution in [2.24, 2.45) is 0 Å². The quantitative estimate of drug-likeness (QED) is 0.400. The molecule has 0 atom stereocenters. The van der Waals surface area contributed by atoms with Crippen molar-refractivity contribution in [3.05, 3.63) is 79.8 Å². The molecular weight excluding hydrogens is 496 g/mol. The van der Waals surface area contributed by atoms with Gasteiger partial charge in [-0.1, -0.05) is 17.7 Å². The van der Waals surface area contributed by atoms with Crippen molar-refractivity contribution in [2.75, 3.05) is 36.4 Å². The minimum atomic E-state index is -0.864. The van der Waals surface area contributed by atoms with Crippen molar-refractivity contribution in [1.82, 2.24) is 23.9 Å². The maximum absolute atomic E-state index is 14.4. The van der Waals surface area contributed by atoms with E-state index in [-0.39, 0.29) is 27.7 Å². The van der Waals surface area contributed by atoms with Crippen molar-refractivity contribution in [3.63, 3.8) is 0 Å². The number of nitrogens with one attached hydrogen (secondary N) is 2. The van der Waals surface area contributed by atoms with Crippen LogP contribution in [0.4, 0.5) is 21.7 Å². The number of aromatic amines is 1. The predicted molar refractivity (Wildman–Crippen MR) is 135 cm³/mol. The molecule has 1 fully saturated rings. The third-order valence-corrected chi connectivity index (χ3v) is 6.47. The van der Waals surface area contributed by atoms with E-state index in [1.807, 2.05) is 25.1 Å². The zero-order valence-corrected chi connectivity index (χ0v) is 20.1. The first-order valence-electron chi connectivity index (χ1n) is 10.8. The molecule has 3 heterocycles. The van der Waals surface area contributed by atoms with Crippen molar-refractivity contribution < 1.29 is 4.39 Å². The number of para-hydroxylation sites is 1. The van der Waals surface area contributed by atoms with Crippen LogP contribution in [-0.4, -0.2) is 50.1 Å². The Morgan fingerprint density at radius 1 is 1.11 bits per heavy atom. The van der Waals surface area contributed by atoms with Crippen LogP contribution in [0.2, 0.25) is 5.02 Å². The number of piperazine rings is 1. The van der Waals surface area contributed by atoms with Gasteiger partial charge in [0, 0.05) is 43.8 Å². The highest BCUT2D eigenvalue weighted by Crippen LogP contribution is 2.26. The molecule has 35 heavy (non-hydrogen) atoms. The summed E-state index contributed by atoms with van der Waals surface area (Å²) in [5, 5.41) is 3.04. The van der Waals surface area contributed by atoms with Crippen molar-refractivity contribution >= 4 is 51.7 Å². The average Bonchev–Trinajstić information content (AvgIpc) is 2.81. The van der Waals surface area contributed by atoms with Gasteiger partial charge in [-0.15, -0.1) is 0 Å². The second kappa shape index (κ2) is 9.29. The summed E-state index contributed by atoms with van der Waals surface area (Å²) in [7, 11) is 0. The molecule has 1 aliphatic heterocycles. The summed E-state index contributed by atoms with van der Waals surface area (Å²) >= 11 is 12.1. The van der Waals surface area contributed by atoms with E-state index in [0.29, 0.717) is 4.57 Å². The number of H-pyrrole nitrogens is 1. The fraction of sp³-hybridized carbons (Fsp3) is 0.217. The molecule has 0 bridgehead atoms. The molecule has 2 N–H and O–H groups in total. The molecule has 180 valence electrons. The molecule has 0 unspecified atom stereocenters. The van der Waals surface area contributed by atoms with Gasteiger partial charge < -0.3 is 10.2 Å². The largest absolute Gasteiger partial charge is 0.369 e. The number of nitrogens with zero attached hydrogens (tertiary/aromatic N) is 5. The van der Waals surface area contributed by atoms with E-state index < -0.39 is 17.1 Å². The maximum atomic E-state index is 14.4. The Morgan fingerprint density at radius 2 is 1.89 bits per heavy atom. The number of anilines is 3. The number of hydrogen-bond acceptors (Lipinski definition) is 7. The number of aromatic nitrogens is 4. The van der Waals surface area contributed by atoms with Crippen LogP contribution in [-0.2, 0) is 0 Å². The Bertz CT molecular complexity index is 1530. The molecule has 1 aliphatic rings. The van der Waals surface area contributed by atoms with Crippen molar-refractivity contribution in [2.45, 2.75) is 6.92 Å². The van der Waals surface area contributed by atoms with Crippen molar-refractivity contribution in [1.29, 1.82) is 0 Å². The summed E-state index contributed by atoms with van der Waals surface area (Å²) in [4.78, 5) is 38.9. The number of halogens is 3. The molecular formula is C23H20Cl2FN7O2. The number of rotatable bonds is 4. The summed E-state index contributed by atoms with van der Waals surface area (Å²) in [6.07, 6.45) is 1.28. The van der Waals surface area contributed by atoms with Crippen LogP contribution < -0.4 is 21.5 Å². The highest BCUT2D eigenvalue weighted by Gasteiger charge is 2.19.